The number of hydrogen-bond donors (Lipinski definition) is 2. The molecule has 0 bridgehead atoms. The molecular formula is C16H26N2. The molecule has 2 N–H and O–H groups in total. The van der Waals surface area contributed by atoms with Crippen molar-refractivity contribution in [2.24, 2.45) is 11.8 Å². The average molecular weight is 246 g/mol. The Morgan fingerprint density at radius 2 is 2.06 bits per heavy atom. The van der Waals surface area contributed by atoms with E-state index in [0.717, 1.165) is 31.5 Å². The molecule has 2 atom stereocenters. The summed E-state index contributed by atoms with van der Waals surface area (Å²) in [5.74, 6) is 2.18. The molecule has 0 saturated heterocycles. The second-order valence-electron chi connectivity index (χ2n) is 5.88. The van der Waals surface area contributed by atoms with Crippen LogP contribution in [0.1, 0.15) is 38.7 Å². The van der Waals surface area contributed by atoms with E-state index in [0.29, 0.717) is 5.92 Å². The van der Waals surface area contributed by atoms with Crippen LogP contribution in [0, 0.1) is 11.8 Å². The van der Waals surface area contributed by atoms with Crippen molar-refractivity contribution in [2.45, 2.75) is 33.1 Å². The molecule has 100 valence electrons. The SMILES string of the molecule is CC(C)C(C)CNCC1CCNc2ccccc21. The highest BCUT2D eigenvalue weighted by atomic mass is 14.9. The van der Waals surface area contributed by atoms with E-state index in [1.165, 1.54) is 17.7 Å². The predicted octanol–water partition coefficient (Wildman–Crippen LogP) is 3.47. The summed E-state index contributed by atoms with van der Waals surface area (Å²) in [4.78, 5) is 0. The maximum absolute atomic E-state index is 3.65. The van der Waals surface area contributed by atoms with Gasteiger partial charge in [0, 0.05) is 24.7 Å². The van der Waals surface area contributed by atoms with Crippen molar-refractivity contribution < 1.29 is 0 Å². The fourth-order valence-corrected chi connectivity index (χ4v) is 2.48. The molecule has 0 aromatic heterocycles. The molecule has 0 spiro atoms. The van der Waals surface area contributed by atoms with Gasteiger partial charge in [-0.2, -0.15) is 0 Å². The minimum atomic E-state index is 0.668. The van der Waals surface area contributed by atoms with Gasteiger partial charge in [-0.3, -0.25) is 0 Å². The van der Waals surface area contributed by atoms with Crippen LogP contribution in [0.2, 0.25) is 0 Å². The first-order valence-electron chi connectivity index (χ1n) is 7.22. The molecule has 0 radical (unpaired) electrons. The van der Waals surface area contributed by atoms with Gasteiger partial charge in [0.1, 0.15) is 0 Å². The molecule has 2 nitrogen and oxygen atoms in total. The third-order valence-electron chi connectivity index (χ3n) is 4.20. The van der Waals surface area contributed by atoms with Crippen molar-refractivity contribution >= 4 is 5.69 Å². The lowest BCUT2D eigenvalue weighted by atomic mass is 9.90. The number of hydrogen-bond acceptors (Lipinski definition) is 2. The number of fused-ring (bicyclic) bond motifs is 1. The molecule has 1 aliphatic rings. The number of rotatable bonds is 5. The molecular weight excluding hydrogens is 220 g/mol. The van der Waals surface area contributed by atoms with Gasteiger partial charge in [-0.15, -0.1) is 0 Å². The second kappa shape index (κ2) is 6.24. The standard InChI is InChI=1S/C16H26N2/c1-12(2)13(3)10-17-11-14-8-9-18-16-7-5-4-6-15(14)16/h4-7,12-14,17-18H,8-11H2,1-3H3. The fraction of sp³-hybridized carbons (Fsp3) is 0.625. The summed E-state index contributed by atoms with van der Waals surface area (Å²) in [5, 5.41) is 7.13. The van der Waals surface area contributed by atoms with E-state index in [-0.39, 0.29) is 0 Å². The Bertz CT molecular complexity index is 373. The van der Waals surface area contributed by atoms with E-state index >= 15 is 0 Å². The van der Waals surface area contributed by atoms with Gasteiger partial charge in [0.25, 0.3) is 0 Å². The van der Waals surface area contributed by atoms with Crippen LogP contribution < -0.4 is 10.6 Å². The molecule has 18 heavy (non-hydrogen) atoms. The largest absolute Gasteiger partial charge is 0.385 e. The van der Waals surface area contributed by atoms with Crippen LogP contribution in [0.4, 0.5) is 5.69 Å². The molecule has 0 aliphatic carbocycles. The summed E-state index contributed by atoms with van der Waals surface area (Å²) in [6.45, 7) is 10.3. The highest BCUT2D eigenvalue weighted by Gasteiger charge is 2.19. The molecule has 1 heterocycles. The van der Waals surface area contributed by atoms with Gasteiger partial charge in [-0.25, -0.2) is 0 Å². The normalized spacial score (nSPS) is 20.3. The molecule has 1 aliphatic heterocycles. The van der Waals surface area contributed by atoms with Gasteiger partial charge in [0.2, 0.25) is 0 Å². The zero-order valence-electron chi connectivity index (χ0n) is 11.9. The molecule has 2 heteroatoms. The van der Waals surface area contributed by atoms with E-state index in [4.69, 9.17) is 0 Å². The van der Waals surface area contributed by atoms with Gasteiger partial charge in [0.05, 0.1) is 0 Å². The van der Waals surface area contributed by atoms with Crippen molar-refractivity contribution in [3.05, 3.63) is 29.8 Å². The molecule has 1 aromatic carbocycles. The number of para-hydroxylation sites is 1. The minimum absolute atomic E-state index is 0.668. The Balaban J connectivity index is 1.88. The monoisotopic (exact) mass is 246 g/mol. The van der Waals surface area contributed by atoms with Gasteiger partial charge < -0.3 is 10.6 Å². The molecule has 0 fully saturated rings. The summed E-state index contributed by atoms with van der Waals surface area (Å²) in [7, 11) is 0. The topological polar surface area (TPSA) is 24.1 Å². The first-order valence-corrected chi connectivity index (χ1v) is 7.22. The third kappa shape index (κ3) is 3.26. The molecule has 2 rings (SSSR count). The Morgan fingerprint density at radius 1 is 1.28 bits per heavy atom. The summed E-state index contributed by atoms with van der Waals surface area (Å²) in [5.41, 5.74) is 2.81. The van der Waals surface area contributed by atoms with Gasteiger partial charge >= 0.3 is 0 Å². The van der Waals surface area contributed by atoms with E-state index in [2.05, 4.69) is 55.7 Å². The smallest absolute Gasteiger partial charge is 0.0376 e. The molecule has 0 amide bonds. The first kappa shape index (κ1) is 13.4. The first-order chi connectivity index (χ1) is 8.68. The maximum Gasteiger partial charge on any atom is 0.0376 e. The van der Waals surface area contributed by atoms with Crippen molar-refractivity contribution in [3.8, 4) is 0 Å². The van der Waals surface area contributed by atoms with Gasteiger partial charge in [-0.05, 0) is 36.4 Å². The van der Waals surface area contributed by atoms with Crippen molar-refractivity contribution in [2.75, 3.05) is 25.0 Å². The summed E-state index contributed by atoms with van der Waals surface area (Å²) < 4.78 is 0. The van der Waals surface area contributed by atoms with E-state index in [1.807, 2.05) is 0 Å². The fourth-order valence-electron chi connectivity index (χ4n) is 2.48. The van der Waals surface area contributed by atoms with Crippen LogP contribution in [-0.4, -0.2) is 19.6 Å². The number of benzene rings is 1. The molecule has 0 saturated carbocycles. The lowest BCUT2D eigenvalue weighted by Crippen LogP contribution is -2.30. The van der Waals surface area contributed by atoms with E-state index in [9.17, 15) is 0 Å². The highest BCUT2D eigenvalue weighted by molar-refractivity contribution is 5.54. The molecule has 1 aromatic rings. The van der Waals surface area contributed by atoms with Gasteiger partial charge in [-0.1, -0.05) is 39.0 Å². The van der Waals surface area contributed by atoms with Gasteiger partial charge in [0.15, 0.2) is 0 Å². The number of anilines is 1. The predicted molar refractivity (Wildman–Crippen MR) is 79.2 cm³/mol. The van der Waals surface area contributed by atoms with Crippen molar-refractivity contribution in [3.63, 3.8) is 0 Å². The lowest BCUT2D eigenvalue weighted by Gasteiger charge is -2.27. The summed E-state index contributed by atoms with van der Waals surface area (Å²) >= 11 is 0. The minimum Gasteiger partial charge on any atom is -0.385 e. The zero-order chi connectivity index (χ0) is 13.0. The summed E-state index contributed by atoms with van der Waals surface area (Å²) in [6, 6.07) is 8.72. The molecule has 2 unspecified atom stereocenters. The van der Waals surface area contributed by atoms with Crippen LogP contribution in [0.5, 0.6) is 0 Å². The van der Waals surface area contributed by atoms with Crippen LogP contribution in [0.3, 0.4) is 0 Å². The van der Waals surface area contributed by atoms with E-state index < -0.39 is 0 Å². The highest BCUT2D eigenvalue weighted by Crippen LogP contribution is 2.30. The van der Waals surface area contributed by atoms with E-state index in [1.54, 1.807) is 0 Å². The summed E-state index contributed by atoms with van der Waals surface area (Å²) in [6.07, 6.45) is 1.24. The zero-order valence-corrected chi connectivity index (χ0v) is 11.9. The lowest BCUT2D eigenvalue weighted by molar-refractivity contribution is 0.385. The average Bonchev–Trinajstić information content (AvgIpc) is 2.38. The Kier molecular flexibility index (Phi) is 4.65. The van der Waals surface area contributed by atoms with Crippen molar-refractivity contribution in [1.29, 1.82) is 0 Å². The Morgan fingerprint density at radius 3 is 2.83 bits per heavy atom. The van der Waals surface area contributed by atoms with Crippen LogP contribution in [0.25, 0.3) is 0 Å². The number of nitrogens with one attached hydrogen (secondary N) is 2. The van der Waals surface area contributed by atoms with Crippen LogP contribution >= 0.6 is 0 Å². The quantitative estimate of drug-likeness (QED) is 0.831. The van der Waals surface area contributed by atoms with Crippen molar-refractivity contribution in [1.82, 2.24) is 5.32 Å². The Labute approximate surface area is 111 Å². The third-order valence-corrected chi connectivity index (χ3v) is 4.20. The Hall–Kier alpha value is -1.02. The second-order valence-corrected chi connectivity index (χ2v) is 5.88. The van der Waals surface area contributed by atoms with Crippen LogP contribution in [-0.2, 0) is 0 Å². The van der Waals surface area contributed by atoms with Crippen LogP contribution in [0.15, 0.2) is 24.3 Å². The maximum atomic E-state index is 3.65.